The van der Waals surface area contributed by atoms with Crippen LogP contribution in [0.3, 0.4) is 0 Å². The van der Waals surface area contributed by atoms with Crippen LogP contribution in [0.4, 0.5) is 0 Å². The predicted molar refractivity (Wildman–Crippen MR) is 105 cm³/mol. The summed E-state index contributed by atoms with van der Waals surface area (Å²) in [6, 6.07) is 19.0. The van der Waals surface area contributed by atoms with E-state index in [1.165, 1.54) is 46.8 Å². The summed E-state index contributed by atoms with van der Waals surface area (Å²) in [5.74, 6) is 0. The molecule has 2 bridgehead atoms. The molecule has 0 amide bonds. The Labute approximate surface area is 153 Å². The molecule has 0 spiro atoms. The molecule has 0 radical (unpaired) electrons. The van der Waals surface area contributed by atoms with Gasteiger partial charge in [-0.25, -0.2) is 0 Å². The van der Waals surface area contributed by atoms with Crippen LogP contribution >= 0.6 is 15.9 Å². The fourth-order valence-corrected chi connectivity index (χ4v) is 4.90. The van der Waals surface area contributed by atoms with E-state index in [1.54, 1.807) is 5.57 Å². The van der Waals surface area contributed by atoms with Gasteiger partial charge >= 0.3 is 0 Å². The second-order valence-corrected chi connectivity index (χ2v) is 8.14. The van der Waals surface area contributed by atoms with E-state index in [1.807, 2.05) is 0 Å². The molecule has 0 aliphatic carbocycles. The van der Waals surface area contributed by atoms with Gasteiger partial charge in [0, 0.05) is 23.1 Å². The first-order chi connectivity index (χ1) is 11.7. The lowest BCUT2D eigenvalue weighted by Gasteiger charge is -2.45. The molecular formula is C22H24BrN. The average molecular weight is 382 g/mol. The number of benzene rings is 2. The van der Waals surface area contributed by atoms with Gasteiger partial charge in [-0.1, -0.05) is 64.8 Å². The van der Waals surface area contributed by atoms with E-state index >= 15 is 0 Å². The second-order valence-electron chi connectivity index (χ2n) is 7.22. The second kappa shape index (κ2) is 6.85. The van der Waals surface area contributed by atoms with Crippen LogP contribution in [0.2, 0.25) is 0 Å². The number of hydrogen-bond acceptors (Lipinski definition) is 1. The number of fused-ring (bicyclic) bond motifs is 2. The lowest BCUT2D eigenvalue weighted by Crippen LogP contribution is -2.47. The summed E-state index contributed by atoms with van der Waals surface area (Å²) in [5, 5.41) is 0. The summed E-state index contributed by atoms with van der Waals surface area (Å²) in [7, 11) is 0. The third-order valence-corrected chi connectivity index (χ3v) is 5.86. The minimum absolute atomic E-state index is 0.590. The highest BCUT2D eigenvalue weighted by Gasteiger charge is 2.34. The smallest absolute Gasteiger partial charge is 0.0290 e. The molecule has 1 nitrogen and oxygen atoms in total. The van der Waals surface area contributed by atoms with Crippen molar-refractivity contribution in [2.75, 3.05) is 0 Å². The third kappa shape index (κ3) is 3.36. The molecule has 2 atom stereocenters. The van der Waals surface area contributed by atoms with E-state index in [2.05, 4.69) is 82.4 Å². The first-order valence-electron chi connectivity index (χ1n) is 8.97. The fourth-order valence-electron chi connectivity index (χ4n) is 4.29. The first kappa shape index (κ1) is 16.1. The molecule has 0 aromatic heterocycles. The van der Waals surface area contributed by atoms with Crippen LogP contribution in [0.5, 0.6) is 0 Å². The van der Waals surface area contributed by atoms with Crippen molar-refractivity contribution in [2.24, 2.45) is 0 Å². The van der Waals surface area contributed by atoms with Crippen LogP contribution < -0.4 is 0 Å². The van der Waals surface area contributed by atoms with Gasteiger partial charge in [0.2, 0.25) is 0 Å². The Balaban J connectivity index is 1.62. The van der Waals surface area contributed by atoms with Crippen LogP contribution in [-0.2, 0) is 6.54 Å². The molecule has 2 heteroatoms. The van der Waals surface area contributed by atoms with E-state index in [0.717, 1.165) is 6.54 Å². The van der Waals surface area contributed by atoms with E-state index in [4.69, 9.17) is 0 Å². The van der Waals surface area contributed by atoms with Crippen molar-refractivity contribution in [3.63, 3.8) is 0 Å². The first-order valence-corrected chi connectivity index (χ1v) is 9.76. The molecule has 1 saturated heterocycles. The van der Waals surface area contributed by atoms with Gasteiger partial charge in [-0.3, -0.25) is 4.90 Å². The Kier molecular flexibility index (Phi) is 4.60. The summed E-state index contributed by atoms with van der Waals surface area (Å²) in [6.07, 6.45) is 7.70. The number of nitrogens with zero attached hydrogens (tertiary/aromatic N) is 1. The maximum absolute atomic E-state index is 3.66. The van der Waals surface area contributed by atoms with E-state index < -0.39 is 0 Å². The Bertz CT molecular complexity index is 730. The Morgan fingerprint density at radius 3 is 2.67 bits per heavy atom. The highest BCUT2D eigenvalue weighted by molar-refractivity contribution is 9.10. The monoisotopic (exact) mass is 381 g/mol. The van der Waals surface area contributed by atoms with Gasteiger partial charge in [0.15, 0.2) is 0 Å². The van der Waals surface area contributed by atoms with Gasteiger partial charge in [0.1, 0.15) is 0 Å². The average Bonchev–Trinajstić information content (AvgIpc) is 2.54. The molecule has 4 rings (SSSR count). The zero-order chi connectivity index (χ0) is 16.5. The lowest BCUT2D eigenvalue weighted by atomic mass is 9.82. The quantitative estimate of drug-likeness (QED) is 0.632. The molecule has 2 unspecified atom stereocenters. The number of aryl methyl sites for hydroxylation is 1. The number of halogens is 1. The van der Waals surface area contributed by atoms with Gasteiger partial charge < -0.3 is 0 Å². The minimum atomic E-state index is 0.590. The van der Waals surface area contributed by atoms with Crippen molar-refractivity contribution in [3.8, 4) is 0 Å². The van der Waals surface area contributed by atoms with Crippen LogP contribution in [0.1, 0.15) is 42.4 Å². The summed E-state index contributed by atoms with van der Waals surface area (Å²) >= 11 is 3.66. The topological polar surface area (TPSA) is 3.24 Å². The van der Waals surface area contributed by atoms with Crippen LogP contribution in [0.25, 0.3) is 5.57 Å². The summed E-state index contributed by atoms with van der Waals surface area (Å²) in [6.45, 7) is 3.26. The van der Waals surface area contributed by atoms with Gasteiger partial charge in [0.05, 0.1) is 0 Å². The Hall–Kier alpha value is -1.38. The van der Waals surface area contributed by atoms with Gasteiger partial charge in [-0.15, -0.1) is 0 Å². The summed E-state index contributed by atoms with van der Waals surface area (Å²) in [4.78, 5) is 2.73. The molecule has 2 aromatic carbocycles. The SMILES string of the molecule is Cc1cc(Br)cc(C2=CC3CCCC(C2)N3Cc2ccccc2)c1. The zero-order valence-electron chi connectivity index (χ0n) is 14.2. The standard InChI is InChI=1S/C22H24BrN/c1-16-10-18(12-20(23)11-16)19-13-21-8-5-9-22(14-19)24(21)15-17-6-3-2-4-7-17/h2-4,6-7,10-13,21-22H,5,8-9,14-15H2,1H3. The minimum Gasteiger partial charge on any atom is -0.289 e. The highest BCUT2D eigenvalue weighted by atomic mass is 79.9. The number of hydrogen-bond donors (Lipinski definition) is 0. The summed E-state index contributed by atoms with van der Waals surface area (Å²) in [5.41, 5.74) is 5.71. The molecule has 0 saturated carbocycles. The predicted octanol–water partition coefficient (Wildman–Crippen LogP) is 5.97. The van der Waals surface area contributed by atoms with Gasteiger partial charge in [-0.05, 0) is 60.6 Å². The van der Waals surface area contributed by atoms with Crippen molar-refractivity contribution in [1.82, 2.24) is 4.90 Å². The molecule has 1 fully saturated rings. The van der Waals surface area contributed by atoms with Crippen molar-refractivity contribution in [3.05, 3.63) is 75.8 Å². The molecule has 124 valence electrons. The Morgan fingerprint density at radius 2 is 1.92 bits per heavy atom. The van der Waals surface area contributed by atoms with Crippen LogP contribution in [-0.4, -0.2) is 17.0 Å². The normalized spacial score (nSPS) is 23.8. The maximum atomic E-state index is 3.66. The highest BCUT2D eigenvalue weighted by Crippen LogP contribution is 2.38. The fraction of sp³-hybridized carbons (Fsp3) is 0.364. The maximum Gasteiger partial charge on any atom is 0.0290 e. The zero-order valence-corrected chi connectivity index (χ0v) is 15.8. The molecule has 2 aliphatic heterocycles. The molecular weight excluding hydrogens is 358 g/mol. The van der Waals surface area contributed by atoms with Gasteiger partial charge in [0.25, 0.3) is 0 Å². The molecule has 24 heavy (non-hydrogen) atoms. The lowest BCUT2D eigenvalue weighted by molar-refractivity contribution is 0.0951. The van der Waals surface area contributed by atoms with Crippen LogP contribution in [0.15, 0.2) is 59.1 Å². The number of rotatable bonds is 3. The molecule has 2 aliphatic rings. The van der Waals surface area contributed by atoms with E-state index in [0.29, 0.717) is 12.1 Å². The molecule has 0 N–H and O–H groups in total. The van der Waals surface area contributed by atoms with Gasteiger partial charge in [-0.2, -0.15) is 0 Å². The van der Waals surface area contributed by atoms with Crippen molar-refractivity contribution >= 4 is 21.5 Å². The van der Waals surface area contributed by atoms with E-state index in [-0.39, 0.29) is 0 Å². The van der Waals surface area contributed by atoms with E-state index in [9.17, 15) is 0 Å². The molecule has 2 aromatic rings. The van der Waals surface area contributed by atoms with Crippen molar-refractivity contribution < 1.29 is 0 Å². The van der Waals surface area contributed by atoms with Crippen molar-refractivity contribution in [2.45, 2.75) is 51.2 Å². The Morgan fingerprint density at radius 1 is 1.08 bits per heavy atom. The number of piperidine rings is 1. The molecule has 2 heterocycles. The largest absolute Gasteiger partial charge is 0.289 e. The van der Waals surface area contributed by atoms with Crippen molar-refractivity contribution in [1.29, 1.82) is 0 Å². The third-order valence-electron chi connectivity index (χ3n) is 5.40. The van der Waals surface area contributed by atoms with Crippen LogP contribution in [0, 0.1) is 6.92 Å². The summed E-state index contributed by atoms with van der Waals surface area (Å²) < 4.78 is 1.19.